The third kappa shape index (κ3) is 5.26. The van der Waals surface area contributed by atoms with E-state index in [0.717, 1.165) is 54.4 Å². The lowest BCUT2D eigenvalue weighted by Gasteiger charge is -2.33. The number of nitrogens with zero attached hydrogens (tertiary/aromatic N) is 6. The number of aryl methyl sites for hydroxylation is 4. The molecule has 0 atom stereocenters. The molecular formula is C26H30ClN9. The monoisotopic (exact) mass is 503 g/mol. The summed E-state index contributed by atoms with van der Waals surface area (Å²) in [7, 11) is 0. The van der Waals surface area contributed by atoms with Gasteiger partial charge in [0.1, 0.15) is 5.02 Å². The van der Waals surface area contributed by atoms with E-state index in [4.69, 9.17) is 11.6 Å². The number of aromatic nitrogens is 6. The van der Waals surface area contributed by atoms with Gasteiger partial charge < -0.3 is 15.5 Å². The van der Waals surface area contributed by atoms with Crippen molar-refractivity contribution < 1.29 is 0 Å². The predicted molar refractivity (Wildman–Crippen MR) is 144 cm³/mol. The predicted octanol–water partition coefficient (Wildman–Crippen LogP) is 5.75. The lowest BCUT2D eigenvalue weighted by molar-refractivity contribution is 0.499. The molecule has 186 valence electrons. The molecule has 3 N–H and O–H groups in total. The fourth-order valence-corrected chi connectivity index (χ4v) is 4.77. The third-order valence-corrected chi connectivity index (χ3v) is 6.88. The molecule has 3 aromatic heterocycles. The number of hydrogen-bond acceptors (Lipinski definition) is 8. The first kappa shape index (κ1) is 24.0. The van der Waals surface area contributed by atoms with Crippen molar-refractivity contribution in [3.8, 4) is 0 Å². The molecule has 0 aliphatic carbocycles. The van der Waals surface area contributed by atoms with Gasteiger partial charge in [-0.1, -0.05) is 17.7 Å². The second-order valence-electron chi connectivity index (χ2n) is 9.39. The van der Waals surface area contributed by atoms with E-state index in [2.05, 4.69) is 77.9 Å². The molecule has 9 nitrogen and oxygen atoms in total. The molecule has 5 rings (SSSR count). The molecule has 0 unspecified atom stereocenters. The highest BCUT2D eigenvalue weighted by molar-refractivity contribution is 6.32. The van der Waals surface area contributed by atoms with Crippen LogP contribution in [0.4, 0.5) is 29.1 Å². The maximum absolute atomic E-state index is 6.31. The Labute approximate surface area is 215 Å². The Bertz CT molecular complexity index is 1360. The van der Waals surface area contributed by atoms with Gasteiger partial charge >= 0.3 is 0 Å². The van der Waals surface area contributed by atoms with Crippen LogP contribution in [-0.4, -0.2) is 43.5 Å². The number of benzene rings is 1. The lowest BCUT2D eigenvalue weighted by atomic mass is 9.85. The van der Waals surface area contributed by atoms with Gasteiger partial charge in [-0.15, -0.1) is 5.10 Å². The number of hydrogen-bond donors (Lipinski definition) is 3. The van der Waals surface area contributed by atoms with Crippen molar-refractivity contribution >= 4 is 40.7 Å². The number of H-pyrrole nitrogens is 1. The average Bonchev–Trinajstić information content (AvgIpc) is 3.28. The van der Waals surface area contributed by atoms with E-state index in [-0.39, 0.29) is 0 Å². The van der Waals surface area contributed by atoms with Crippen LogP contribution in [0.25, 0.3) is 0 Å². The Morgan fingerprint density at radius 2 is 1.78 bits per heavy atom. The molecule has 36 heavy (non-hydrogen) atoms. The molecule has 1 aliphatic rings. The normalized spacial score (nSPS) is 14.2. The van der Waals surface area contributed by atoms with Crippen LogP contribution in [0.15, 0.2) is 36.5 Å². The molecule has 1 saturated heterocycles. The first-order valence-electron chi connectivity index (χ1n) is 12.1. The zero-order valence-electron chi connectivity index (χ0n) is 20.9. The van der Waals surface area contributed by atoms with Gasteiger partial charge in [-0.3, -0.25) is 5.10 Å². The van der Waals surface area contributed by atoms with Crippen LogP contribution in [-0.2, 0) is 0 Å². The van der Waals surface area contributed by atoms with Gasteiger partial charge in [0.2, 0.25) is 5.95 Å². The fraction of sp³-hybridized carbons (Fsp3) is 0.346. The van der Waals surface area contributed by atoms with E-state index in [1.807, 2.05) is 26.0 Å². The zero-order chi connectivity index (χ0) is 25.2. The molecule has 0 bridgehead atoms. The highest BCUT2D eigenvalue weighted by atomic mass is 35.5. The van der Waals surface area contributed by atoms with E-state index in [0.29, 0.717) is 28.5 Å². The van der Waals surface area contributed by atoms with Gasteiger partial charge in [0.05, 0.1) is 11.9 Å². The van der Waals surface area contributed by atoms with Crippen molar-refractivity contribution in [2.75, 3.05) is 28.6 Å². The van der Waals surface area contributed by atoms with Gasteiger partial charge in [-0.05, 0) is 81.3 Å². The maximum Gasteiger partial charge on any atom is 0.229 e. The van der Waals surface area contributed by atoms with Crippen LogP contribution in [0.1, 0.15) is 46.8 Å². The Morgan fingerprint density at radius 3 is 2.47 bits per heavy atom. The minimum atomic E-state index is 0.424. The highest BCUT2D eigenvalue weighted by Gasteiger charge is 2.23. The third-order valence-electron chi connectivity index (χ3n) is 6.60. The second-order valence-corrected chi connectivity index (χ2v) is 9.80. The quantitative estimate of drug-likeness (QED) is 0.305. The molecule has 0 spiro atoms. The Balaban J connectivity index is 1.28. The van der Waals surface area contributed by atoms with E-state index in [9.17, 15) is 0 Å². The molecule has 1 aliphatic heterocycles. The number of aromatic amines is 1. The number of nitrogens with one attached hydrogen (secondary N) is 3. The summed E-state index contributed by atoms with van der Waals surface area (Å²) in [6, 6.07) is 10.5. The molecule has 4 heterocycles. The van der Waals surface area contributed by atoms with E-state index in [1.54, 1.807) is 6.20 Å². The first-order valence-corrected chi connectivity index (χ1v) is 12.5. The summed E-state index contributed by atoms with van der Waals surface area (Å²) >= 11 is 6.31. The van der Waals surface area contributed by atoms with Crippen LogP contribution >= 0.6 is 11.6 Å². The number of piperidine rings is 1. The Morgan fingerprint density at radius 1 is 0.972 bits per heavy atom. The van der Waals surface area contributed by atoms with Gasteiger partial charge in [0.25, 0.3) is 0 Å². The first-order chi connectivity index (χ1) is 17.4. The van der Waals surface area contributed by atoms with Gasteiger partial charge in [0, 0.05) is 30.5 Å². The topological polar surface area (TPSA) is 108 Å². The number of anilines is 5. The number of rotatable bonds is 6. The molecule has 1 fully saturated rings. The van der Waals surface area contributed by atoms with Crippen molar-refractivity contribution in [1.29, 1.82) is 0 Å². The summed E-state index contributed by atoms with van der Waals surface area (Å²) in [6.45, 7) is 10.1. The minimum Gasteiger partial charge on any atom is -0.355 e. The highest BCUT2D eigenvalue weighted by Crippen LogP contribution is 2.35. The van der Waals surface area contributed by atoms with Crippen LogP contribution < -0.4 is 15.5 Å². The second kappa shape index (κ2) is 10.1. The van der Waals surface area contributed by atoms with Crippen LogP contribution in [0, 0.1) is 27.7 Å². The van der Waals surface area contributed by atoms with Gasteiger partial charge in [-0.2, -0.15) is 15.2 Å². The van der Waals surface area contributed by atoms with Gasteiger partial charge in [-0.25, -0.2) is 4.98 Å². The van der Waals surface area contributed by atoms with Gasteiger partial charge in [0.15, 0.2) is 17.5 Å². The Hall–Kier alpha value is -3.72. The van der Waals surface area contributed by atoms with Crippen molar-refractivity contribution in [2.24, 2.45) is 0 Å². The minimum absolute atomic E-state index is 0.424. The van der Waals surface area contributed by atoms with Crippen molar-refractivity contribution in [3.63, 3.8) is 0 Å². The van der Waals surface area contributed by atoms with Crippen LogP contribution in [0.2, 0.25) is 5.02 Å². The molecule has 0 saturated carbocycles. The summed E-state index contributed by atoms with van der Waals surface area (Å²) < 4.78 is 0. The van der Waals surface area contributed by atoms with Crippen molar-refractivity contribution in [3.05, 3.63) is 69.6 Å². The average molecular weight is 504 g/mol. The zero-order valence-corrected chi connectivity index (χ0v) is 21.7. The fourth-order valence-electron chi connectivity index (χ4n) is 4.63. The van der Waals surface area contributed by atoms with E-state index >= 15 is 0 Å². The molecule has 0 amide bonds. The number of halogens is 1. The molecule has 4 aromatic rings. The summed E-state index contributed by atoms with van der Waals surface area (Å²) in [6.07, 6.45) is 3.76. The summed E-state index contributed by atoms with van der Waals surface area (Å²) in [5.41, 5.74) is 6.68. The molecule has 10 heteroatoms. The van der Waals surface area contributed by atoms with Crippen molar-refractivity contribution in [2.45, 2.75) is 46.5 Å². The summed E-state index contributed by atoms with van der Waals surface area (Å²) in [5.74, 6) is 3.10. The van der Waals surface area contributed by atoms with E-state index in [1.165, 1.54) is 11.1 Å². The molecular weight excluding hydrogens is 474 g/mol. The summed E-state index contributed by atoms with van der Waals surface area (Å²) in [4.78, 5) is 11.3. The van der Waals surface area contributed by atoms with Crippen LogP contribution in [0.3, 0.4) is 0 Å². The smallest absolute Gasteiger partial charge is 0.229 e. The van der Waals surface area contributed by atoms with Crippen molar-refractivity contribution in [1.82, 2.24) is 30.4 Å². The van der Waals surface area contributed by atoms with Crippen LogP contribution in [0.5, 0.6) is 0 Å². The molecule has 0 radical (unpaired) electrons. The molecule has 1 aromatic carbocycles. The van der Waals surface area contributed by atoms with E-state index < -0.39 is 0 Å². The SMILES string of the molecule is Cc1ccc(N2CCC(c3cc(C)c(Nc4ncc(Cl)c(Nc5cc(C)[nH]n5)n4)cc3C)CC2)nn1. The maximum atomic E-state index is 6.31. The summed E-state index contributed by atoms with van der Waals surface area (Å²) in [5, 5.41) is 22.6. The largest absolute Gasteiger partial charge is 0.355 e. The lowest BCUT2D eigenvalue weighted by Crippen LogP contribution is -2.33. The Kier molecular flexibility index (Phi) is 6.73. The standard InChI is InChI=1S/C26H30ClN9/c1-15-12-22(29-26-28-14-21(27)25(31-26)30-23-13-18(4)33-34-23)16(2)11-20(15)19-7-9-36(10-8-19)24-6-5-17(3)32-35-24/h5-6,11-14,19H,7-10H2,1-4H3,(H3,28,29,30,31,33,34).